The highest BCUT2D eigenvalue weighted by Crippen LogP contribution is 2.30. The zero-order valence-corrected chi connectivity index (χ0v) is 12.9. The second kappa shape index (κ2) is 6.21. The Bertz CT molecular complexity index is 800. The van der Waals surface area contributed by atoms with Gasteiger partial charge in [0.25, 0.3) is 0 Å². The lowest BCUT2D eigenvalue weighted by atomic mass is 10.0. The Morgan fingerprint density at radius 3 is 2.09 bits per heavy atom. The van der Waals surface area contributed by atoms with Gasteiger partial charge in [-0.3, -0.25) is 0 Å². The van der Waals surface area contributed by atoms with E-state index in [0.29, 0.717) is 11.1 Å². The molecule has 0 bridgehead atoms. The van der Waals surface area contributed by atoms with Crippen molar-refractivity contribution >= 4 is 9.84 Å². The molecule has 2 aromatic carbocycles. The molecule has 2 N–H and O–H groups in total. The van der Waals surface area contributed by atoms with Gasteiger partial charge in [-0.15, -0.1) is 13.2 Å². The number of rotatable bonds is 4. The quantitative estimate of drug-likeness (QED) is 0.924. The Morgan fingerprint density at radius 1 is 1.04 bits per heavy atom. The lowest BCUT2D eigenvalue weighted by Crippen LogP contribution is -2.18. The van der Waals surface area contributed by atoms with Gasteiger partial charge in [0, 0.05) is 18.4 Å². The van der Waals surface area contributed by atoms with E-state index in [4.69, 9.17) is 5.73 Å². The molecule has 0 atom stereocenters. The van der Waals surface area contributed by atoms with Crippen LogP contribution in [-0.2, 0) is 16.4 Å². The van der Waals surface area contributed by atoms with E-state index in [1.54, 1.807) is 12.1 Å². The van der Waals surface area contributed by atoms with Gasteiger partial charge < -0.3 is 10.5 Å². The van der Waals surface area contributed by atoms with Crippen LogP contribution in [0.5, 0.6) is 5.75 Å². The van der Waals surface area contributed by atoms with Crippen molar-refractivity contribution in [3.63, 3.8) is 0 Å². The summed E-state index contributed by atoms with van der Waals surface area (Å²) in [6.45, 7) is -0.124. The molecule has 0 heterocycles. The molecule has 0 aliphatic rings. The van der Waals surface area contributed by atoms with Crippen molar-refractivity contribution in [2.24, 2.45) is 5.73 Å². The van der Waals surface area contributed by atoms with Gasteiger partial charge in [0.1, 0.15) is 5.75 Å². The monoisotopic (exact) mass is 345 g/mol. The second-order valence-electron chi connectivity index (χ2n) is 4.87. The molecule has 0 fully saturated rings. The van der Waals surface area contributed by atoms with E-state index in [9.17, 15) is 21.6 Å². The van der Waals surface area contributed by atoms with Crippen LogP contribution < -0.4 is 10.5 Å². The van der Waals surface area contributed by atoms with E-state index in [2.05, 4.69) is 4.74 Å². The summed E-state index contributed by atoms with van der Waals surface area (Å²) >= 11 is 0. The molecular weight excluding hydrogens is 331 g/mol. The third-order valence-corrected chi connectivity index (χ3v) is 4.25. The Morgan fingerprint density at radius 2 is 1.61 bits per heavy atom. The Kier molecular flexibility index (Phi) is 4.67. The SMILES string of the molecule is CS(=O)(=O)c1ccc(-c2ccc(OC(F)(F)F)c(CN)c2)cc1. The van der Waals surface area contributed by atoms with E-state index in [0.717, 1.165) is 6.26 Å². The number of benzene rings is 2. The minimum Gasteiger partial charge on any atom is -0.405 e. The van der Waals surface area contributed by atoms with Gasteiger partial charge in [0.2, 0.25) is 0 Å². The Labute approximate surface area is 131 Å². The average molecular weight is 345 g/mol. The van der Waals surface area contributed by atoms with Gasteiger partial charge in [-0.2, -0.15) is 0 Å². The Balaban J connectivity index is 2.37. The van der Waals surface area contributed by atoms with Crippen molar-refractivity contribution in [1.29, 1.82) is 0 Å². The molecule has 0 spiro atoms. The smallest absolute Gasteiger partial charge is 0.405 e. The molecule has 0 saturated carbocycles. The minimum absolute atomic E-state index is 0.124. The fourth-order valence-corrected chi connectivity index (χ4v) is 2.67. The van der Waals surface area contributed by atoms with Crippen LogP contribution in [0.1, 0.15) is 5.56 Å². The molecule has 8 heteroatoms. The van der Waals surface area contributed by atoms with Crippen LogP contribution >= 0.6 is 0 Å². The lowest BCUT2D eigenvalue weighted by molar-refractivity contribution is -0.274. The molecule has 0 aromatic heterocycles. The van der Waals surface area contributed by atoms with Gasteiger partial charge in [-0.25, -0.2) is 8.42 Å². The van der Waals surface area contributed by atoms with Crippen LogP contribution in [0.3, 0.4) is 0 Å². The first kappa shape index (κ1) is 17.3. The highest BCUT2D eigenvalue weighted by Gasteiger charge is 2.32. The fraction of sp³-hybridized carbons (Fsp3) is 0.200. The summed E-state index contributed by atoms with van der Waals surface area (Å²) in [6, 6.07) is 10.2. The maximum absolute atomic E-state index is 12.3. The van der Waals surface area contributed by atoms with Crippen LogP contribution in [0.25, 0.3) is 11.1 Å². The number of halogens is 3. The van der Waals surface area contributed by atoms with Crippen LogP contribution in [-0.4, -0.2) is 21.0 Å². The molecule has 0 saturated heterocycles. The molecule has 23 heavy (non-hydrogen) atoms. The number of hydrogen-bond donors (Lipinski definition) is 1. The highest BCUT2D eigenvalue weighted by molar-refractivity contribution is 7.90. The number of hydrogen-bond acceptors (Lipinski definition) is 4. The summed E-state index contributed by atoms with van der Waals surface area (Å²) in [5.74, 6) is -0.350. The minimum atomic E-state index is -4.79. The number of nitrogens with two attached hydrogens (primary N) is 1. The van der Waals surface area contributed by atoms with Crippen molar-refractivity contribution < 1.29 is 26.3 Å². The van der Waals surface area contributed by atoms with E-state index in [1.807, 2.05) is 0 Å². The van der Waals surface area contributed by atoms with E-state index in [-0.39, 0.29) is 22.8 Å². The summed E-state index contributed by atoms with van der Waals surface area (Å²) in [5, 5.41) is 0. The fourth-order valence-electron chi connectivity index (χ4n) is 2.04. The maximum atomic E-state index is 12.3. The second-order valence-corrected chi connectivity index (χ2v) is 6.89. The first-order valence-corrected chi connectivity index (χ1v) is 8.38. The van der Waals surface area contributed by atoms with Gasteiger partial charge in [-0.1, -0.05) is 18.2 Å². The molecule has 2 rings (SSSR count). The molecule has 4 nitrogen and oxygen atoms in total. The summed E-state index contributed by atoms with van der Waals surface area (Å²) in [4.78, 5) is 0.164. The molecule has 0 unspecified atom stereocenters. The molecule has 2 aromatic rings. The summed E-state index contributed by atoms with van der Waals surface area (Å²) in [5.41, 5.74) is 6.94. The number of sulfone groups is 1. The summed E-state index contributed by atoms with van der Waals surface area (Å²) in [7, 11) is -3.31. The van der Waals surface area contributed by atoms with Gasteiger partial charge in [0.15, 0.2) is 9.84 Å². The summed E-state index contributed by atoms with van der Waals surface area (Å²) < 4.78 is 63.7. The largest absolute Gasteiger partial charge is 0.573 e. The zero-order valence-electron chi connectivity index (χ0n) is 12.1. The number of ether oxygens (including phenoxy) is 1. The van der Waals surface area contributed by atoms with Crippen molar-refractivity contribution in [1.82, 2.24) is 0 Å². The molecule has 0 aliphatic carbocycles. The van der Waals surface area contributed by atoms with E-state index >= 15 is 0 Å². The van der Waals surface area contributed by atoms with Gasteiger partial charge in [-0.05, 0) is 35.4 Å². The molecule has 0 amide bonds. The molecule has 124 valence electrons. The molecule has 0 aliphatic heterocycles. The average Bonchev–Trinajstić information content (AvgIpc) is 2.45. The first-order chi connectivity index (χ1) is 10.6. The standard InChI is InChI=1S/C15H14F3NO3S/c1-23(20,21)13-5-2-10(3-6-13)11-4-7-14(12(8-11)9-19)22-15(16,17)18/h2-8H,9,19H2,1H3. The molecule has 0 radical (unpaired) electrons. The van der Waals surface area contributed by atoms with Gasteiger partial charge >= 0.3 is 6.36 Å². The van der Waals surface area contributed by atoms with Crippen molar-refractivity contribution in [2.45, 2.75) is 17.8 Å². The van der Waals surface area contributed by atoms with Crippen LogP contribution in [0, 0.1) is 0 Å². The van der Waals surface area contributed by atoms with E-state index in [1.165, 1.54) is 30.3 Å². The van der Waals surface area contributed by atoms with Crippen LogP contribution in [0.15, 0.2) is 47.4 Å². The topological polar surface area (TPSA) is 69.4 Å². The van der Waals surface area contributed by atoms with Crippen molar-refractivity contribution in [3.8, 4) is 16.9 Å². The maximum Gasteiger partial charge on any atom is 0.573 e. The molecular formula is C15H14F3NO3S. The van der Waals surface area contributed by atoms with Crippen LogP contribution in [0.4, 0.5) is 13.2 Å². The normalized spacial score (nSPS) is 12.2. The predicted octanol–water partition coefficient (Wildman–Crippen LogP) is 3.11. The first-order valence-electron chi connectivity index (χ1n) is 6.49. The van der Waals surface area contributed by atoms with Gasteiger partial charge in [0.05, 0.1) is 4.90 Å². The highest BCUT2D eigenvalue weighted by atomic mass is 32.2. The zero-order chi connectivity index (χ0) is 17.3. The third kappa shape index (κ3) is 4.46. The van der Waals surface area contributed by atoms with Crippen molar-refractivity contribution in [3.05, 3.63) is 48.0 Å². The lowest BCUT2D eigenvalue weighted by Gasteiger charge is -2.14. The van der Waals surface area contributed by atoms with Crippen molar-refractivity contribution in [2.75, 3.05) is 6.26 Å². The van der Waals surface area contributed by atoms with Crippen LogP contribution in [0.2, 0.25) is 0 Å². The van der Waals surface area contributed by atoms with E-state index < -0.39 is 16.2 Å². The third-order valence-electron chi connectivity index (χ3n) is 3.12. The number of alkyl halides is 3. The Hall–Kier alpha value is -2.06. The summed E-state index contributed by atoms with van der Waals surface area (Å²) in [6.07, 6.45) is -3.69. The predicted molar refractivity (Wildman–Crippen MR) is 79.6 cm³/mol.